The van der Waals surface area contributed by atoms with Gasteiger partial charge in [0.2, 0.25) is 11.8 Å². The van der Waals surface area contributed by atoms with Gasteiger partial charge in [0.15, 0.2) is 6.04 Å². The fourth-order valence-corrected chi connectivity index (χ4v) is 1.91. The number of imidazole rings is 1. The first kappa shape index (κ1) is 15.6. The van der Waals surface area contributed by atoms with Gasteiger partial charge < -0.3 is 26.5 Å². The zero-order valence-electron chi connectivity index (χ0n) is 11.2. The average Bonchev–Trinajstić information content (AvgIpc) is 2.83. The Labute approximate surface area is 129 Å². The highest BCUT2D eigenvalue weighted by atomic mass is 35.5. The van der Waals surface area contributed by atoms with Crippen molar-refractivity contribution in [3.8, 4) is 0 Å². The average molecular weight is 325 g/mol. The van der Waals surface area contributed by atoms with Gasteiger partial charge in [0.1, 0.15) is 5.65 Å². The Morgan fingerprint density at radius 2 is 1.91 bits per heavy atom. The summed E-state index contributed by atoms with van der Waals surface area (Å²) in [7, 11) is 0. The van der Waals surface area contributed by atoms with Crippen LogP contribution in [0.5, 0.6) is 0 Å². The number of hydrogen-bond acceptors (Lipinski definition) is 4. The molecule has 2 aromatic heterocycles. The van der Waals surface area contributed by atoms with Crippen molar-refractivity contribution in [3.05, 3.63) is 35.2 Å². The summed E-state index contributed by atoms with van der Waals surface area (Å²) < 4.78 is 1.70. The number of rotatable bonds is 5. The summed E-state index contributed by atoms with van der Waals surface area (Å²) in [5, 5.41) is 5.06. The Balaban J connectivity index is 1.97. The minimum absolute atomic E-state index is 0.0787. The third-order valence-electron chi connectivity index (χ3n) is 2.74. The number of carbonyl (C=O) groups is 3. The Morgan fingerprint density at radius 1 is 1.23 bits per heavy atom. The molecule has 9 nitrogen and oxygen atoms in total. The molecule has 0 saturated carbocycles. The molecule has 0 unspecified atom stereocenters. The number of halogens is 1. The molecule has 116 valence electrons. The third-order valence-corrected chi connectivity index (χ3v) is 2.96. The van der Waals surface area contributed by atoms with Crippen LogP contribution in [-0.4, -0.2) is 33.3 Å². The van der Waals surface area contributed by atoms with Gasteiger partial charge in [-0.1, -0.05) is 11.6 Å². The number of pyridine rings is 1. The number of aromatic nitrogens is 2. The van der Waals surface area contributed by atoms with Crippen molar-refractivity contribution in [3.63, 3.8) is 0 Å². The predicted octanol–water partition coefficient (Wildman–Crippen LogP) is -0.874. The molecule has 22 heavy (non-hydrogen) atoms. The summed E-state index contributed by atoms with van der Waals surface area (Å²) in [6.07, 6.45) is 3.35. The van der Waals surface area contributed by atoms with Crippen LogP contribution in [0.25, 0.3) is 5.65 Å². The van der Waals surface area contributed by atoms with Gasteiger partial charge in [-0.3, -0.25) is 9.59 Å². The van der Waals surface area contributed by atoms with Crippen molar-refractivity contribution in [2.45, 2.75) is 12.6 Å². The minimum atomic E-state index is -1.57. The molecule has 0 atom stereocenters. The van der Waals surface area contributed by atoms with Crippen LogP contribution in [0.3, 0.4) is 0 Å². The first-order valence-corrected chi connectivity index (χ1v) is 6.51. The van der Waals surface area contributed by atoms with Gasteiger partial charge in [-0.05, 0) is 12.1 Å². The van der Waals surface area contributed by atoms with Crippen molar-refractivity contribution in [1.82, 2.24) is 20.0 Å². The van der Waals surface area contributed by atoms with Crippen LogP contribution in [0, 0.1) is 0 Å². The molecule has 0 saturated heterocycles. The highest BCUT2D eigenvalue weighted by molar-refractivity contribution is 6.30. The highest BCUT2D eigenvalue weighted by Gasteiger charge is 2.23. The third kappa shape index (κ3) is 3.64. The van der Waals surface area contributed by atoms with Crippen LogP contribution in [0.15, 0.2) is 24.5 Å². The Morgan fingerprint density at radius 3 is 2.55 bits per heavy atom. The van der Waals surface area contributed by atoms with E-state index in [0.29, 0.717) is 16.4 Å². The molecule has 0 aromatic carbocycles. The zero-order chi connectivity index (χ0) is 16.3. The summed E-state index contributed by atoms with van der Waals surface area (Å²) in [5.74, 6) is -2.07. The largest absolute Gasteiger partial charge is 0.367 e. The van der Waals surface area contributed by atoms with E-state index < -0.39 is 23.9 Å². The van der Waals surface area contributed by atoms with E-state index in [1.807, 2.05) is 0 Å². The van der Waals surface area contributed by atoms with E-state index in [4.69, 9.17) is 23.1 Å². The van der Waals surface area contributed by atoms with Gasteiger partial charge in [0.05, 0.1) is 17.3 Å². The van der Waals surface area contributed by atoms with Crippen LogP contribution in [0.2, 0.25) is 5.02 Å². The number of carbonyl (C=O) groups excluding carboxylic acids is 3. The molecule has 10 heteroatoms. The van der Waals surface area contributed by atoms with Crippen molar-refractivity contribution >= 4 is 35.1 Å². The van der Waals surface area contributed by atoms with Crippen molar-refractivity contribution in [2.75, 3.05) is 0 Å². The SMILES string of the molecule is NC(=O)C(NC(=O)NCc1cn2cc(Cl)ccc2n1)C(N)=O. The molecule has 0 aliphatic carbocycles. The number of primary amides is 2. The van der Waals surface area contributed by atoms with Crippen LogP contribution in [0.4, 0.5) is 4.79 Å². The van der Waals surface area contributed by atoms with E-state index in [2.05, 4.69) is 15.6 Å². The fraction of sp³-hybridized carbons (Fsp3) is 0.167. The van der Waals surface area contributed by atoms with Crippen LogP contribution >= 0.6 is 11.6 Å². The standard InChI is InChI=1S/C12H13ClN6O3/c13-6-1-2-8-17-7(5-19(8)4-6)3-16-12(22)18-9(10(14)20)11(15)21/h1-2,4-5,9H,3H2,(H2,14,20)(H2,15,21)(H2,16,18,22). The van der Waals surface area contributed by atoms with Crippen LogP contribution in [-0.2, 0) is 16.1 Å². The second kappa shape index (κ2) is 6.31. The molecular formula is C12H13ClN6O3. The van der Waals surface area contributed by atoms with Crippen LogP contribution < -0.4 is 22.1 Å². The van der Waals surface area contributed by atoms with E-state index >= 15 is 0 Å². The number of nitrogens with one attached hydrogen (secondary N) is 2. The van der Waals surface area contributed by atoms with Gasteiger partial charge >= 0.3 is 6.03 Å². The lowest BCUT2D eigenvalue weighted by atomic mass is 10.3. The van der Waals surface area contributed by atoms with Gasteiger partial charge in [-0.25, -0.2) is 9.78 Å². The number of hydrogen-bond donors (Lipinski definition) is 4. The monoisotopic (exact) mass is 324 g/mol. The van der Waals surface area contributed by atoms with Gasteiger partial charge in [0.25, 0.3) is 0 Å². The van der Waals surface area contributed by atoms with E-state index in [1.54, 1.807) is 28.9 Å². The summed E-state index contributed by atoms with van der Waals surface area (Å²) in [5.41, 5.74) is 11.1. The lowest BCUT2D eigenvalue weighted by Gasteiger charge is -2.12. The second-order valence-electron chi connectivity index (χ2n) is 4.41. The van der Waals surface area contributed by atoms with E-state index in [-0.39, 0.29) is 6.54 Å². The molecule has 0 bridgehead atoms. The van der Waals surface area contributed by atoms with Crippen molar-refractivity contribution in [1.29, 1.82) is 0 Å². The topological polar surface area (TPSA) is 145 Å². The molecule has 2 heterocycles. The van der Waals surface area contributed by atoms with Crippen LogP contribution in [0.1, 0.15) is 5.69 Å². The minimum Gasteiger partial charge on any atom is -0.367 e. The Hall–Kier alpha value is -2.81. The zero-order valence-corrected chi connectivity index (χ0v) is 12.0. The first-order chi connectivity index (χ1) is 10.4. The summed E-state index contributed by atoms with van der Waals surface area (Å²) in [4.78, 5) is 37.8. The summed E-state index contributed by atoms with van der Waals surface area (Å²) in [6, 6.07) is 1.08. The Bertz CT molecular complexity index is 730. The van der Waals surface area contributed by atoms with Crippen molar-refractivity contribution < 1.29 is 14.4 Å². The second-order valence-corrected chi connectivity index (χ2v) is 4.85. The molecule has 0 fully saturated rings. The molecule has 0 aliphatic heterocycles. The maximum atomic E-state index is 11.6. The first-order valence-electron chi connectivity index (χ1n) is 6.13. The maximum absolute atomic E-state index is 11.6. The molecular weight excluding hydrogens is 312 g/mol. The molecule has 4 amide bonds. The number of amides is 4. The summed E-state index contributed by atoms with van der Waals surface area (Å²) in [6.45, 7) is 0.0787. The fourth-order valence-electron chi connectivity index (χ4n) is 1.74. The molecule has 0 spiro atoms. The maximum Gasteiger partial charge on any atom is 0.316 e. The lowest BCUT2D eigenvalue weighted by Crippen LogP contribution is -2.54. The molecule has 6 N–H and O–H groups in total. The number of nitrogens with zero attached hydrogens (tertiary/aromatic N) is 2. The number of nitrogens with two attached hydrogens (primary N) is 2. The van der Waals surface area contributed by atoms with E-state index in [9.17, 15) is 14.4 Å². The van der Waals surface area contributed by atoms with E-state index in [1.165, 1.54) is 0 Å². The molecule has 0 aliphatic rings. The van der Waals surface area contributed by atoms with Crippen molar-refractivity contribution in [2.24, 2.45) is 11.5 Å². The van der Waals surface area contributed by atoms with Gasteiger partial charge in [-0.15, -0.1) is 0 Å². The molecule has 0 radical (unpaired) electrons. The molecule has 2 rings (SSSR count). The quantitative estimate of drug-likeness (QED) is 0.529. The predicted molar refractivity (Wildman–Crippen MR) is 77.8 cm³/mol. The Kier molecular flexibility index (Phi) is 4.47. The normalized spacial score (nSPS) is 10.6. The molecule has 2 aromatic rings. The van der Waals surface area contributed by atoms with E-state index in [0.717, 1.165) is 0 Å². The van der Waals surface area contributed by atoms with Gasteiger partial charge in [0, 0.05) is 12.4 Å². The van der Waals surface area contributed by atoms with Gasteiger partial charge in [-0.2, -0.15) is 0 Å². The summed E-state index contributed by atoms with van der Waals surface area (Å²) >= 11 is 5.86. The number of urea groups is 1. The highest BCUT2D eigenvalue weighted by Crippen LogP contribution is 2.11. The number of fused-ring (bicyclic) bond motifs is 1. The lowest BCUT2D eigenvalue weighted by molar-refractivity contribution is -0.128. The smallest absolute Gasteiger partial charge is 0.316 e.